The highest BCUT2D eigenvalue weighted by Crippen LogP contribution is 2.22. The zero-order chi connectivity index (χ0) is 12.6. The molecule has 0 aliphatic carbocycles. The lowest BCUT2D eigenvalue weighted by Crippen LogP contribution is -2.15. The molecule has 0 atom stereocenters. The van der Waals surface area contributed by atoms with Crippen molar-refractivity contribution >= 4 is 11.6 Å². The number of nitrogens with one attached hydrogen (secondary N) is 1. The molecule has 1 aromatic heterocycles. The zero-order valence-corrected chi connectivity index (χ0v) is 10.1. The molecule has 0 aliphatic heterocycles. The molecule has 0 spiro atoms. The van der Waals surface area contributed by atoms with Crippen molar-refractivity contribution in [3.8, 4) is 11.4 Å². The number of rotatable bonds is 1. The zero-order valence-electron chi connectivity index (χ0n) is 9.34. The number of hydrogen-bond acceptors (Lipinski definition) is 2. The minimum absolute atomic E-state index is 0.0699. The van der Waals surface area contributed by atoms with Crippen molar-refractivity contribution in [3.63, 3.8) is 0 Å². The first kappa shape index (κ1) is 11.8. The van der Waals surface area contributed by atoms with Crippen LogP contribution in [0, 0.1) is 19.7 Å². The molecule has 0 unspecified atom stereocenters. The maximum Gasteiger partial charge on any atom is 0.287 e. The summed E-state index contributed by atoms with van der Waals surface area (Å²) < 4.78 is 13.1. The van der Waals surface area contributed by atoms with Crippen molar-refractivity contribution in [2.24, 2.45) is 0 Å². The van der Waals surface area contributed by atoms with E-state index in [4.69, 9.17) is 11.6 Å². The predicted octanol–water partition coefficient (Wildman–Crippen LogP) is 2.85. The smallest absolute Gasteiger partial charge is 0.287 e. The van der Waals surface area contributed by atoms with Crippen molar-refractivity contribution < 1.29 is 4.39 Å². The Labute approximate surface area is 102 Å². The fourth-order valence-electron chi connectivity index (χ4n) is 1.45. The van der Waals surface area contributed by atoms with Gasteiger partial charge in [0.25, 0.3) is 5.56 Å². The number of halogens is 2. The van der Waals surface area contributed by atoms with Gasteiger partial charge in [-0.25, -0.2) is 4.98 Å². The average molecular weight is 253 g/mol. The Morgan fingerprint density at radius 3 is 2.65 bits per heavy atom. The van der Waals surface area contributed by atoms with Gasteiger partial charge in [-0.15, -0.1) is 0 Å². The topological polar surface area (TPSA) is 45.8 Å². The van der Waals surface area contributed by atoms with Crippen molar-refractivity contribution in [3.05, 3.63) is 50.7 Å². The van der Waals surface area contributed by atoms with E-state index >= 15 is 0 Å². The van der Waals surface area contributed by atoms with Crippen LogP contribution in [0.3, 0.4) is 0 Å². The molecular formula is C12H10ClFN2O. The third-order valence-electron chi connectivity index (χ3n) is 2.47. The fraction of sp³-hybridized carbons (Fsp3) is 0.167. The summed E-state index contributed by atoms with van der Waals surface area (Å²) in [6.45, 7) is 3.32. The molecule has 1 heterocycles. The van der Waals surface area contributed by atoms with E-state index in [0.29, 0.717) is 16.4 Å². The summed E-state index contributed by atoms with van der Waals surface area (Å²) in [6.07, 6.45) is 0. The Kier molecular flexibility index (Phi) is 2.98. The van der Waals surface area contributed by atoms with E-state index in [-0.39, 0.29) is 5.69 Å². The highest BCUT2D eigenvalue weighted by Gasteiger charge is 2.09. The maximum absolute atomic E-state index is 13.1. The normalized spacial score (nSPS) is 10.6. The Morgan fingerprint density at radius 1 is 1.35 bits per heavy atom. The van der Waals surface area contributed by atoms with Crippen LogP contribution in [-0.2, 0) is 0 Å². The van der Waals surface area contributed by atoms with Crippen LogP contribution < -0.4 is 5.56 Å². The van der Waals surface area contributed by atoms with Crippen molar-refractivity contribution in [2.75, 3.05) is 0 Å². The van der Waals surface area contributed by atoms with E-state index in [1.807, 2.05) is 13.0 Å². The number of aromatic amines is 1. The monoisotopic (exact) mass is 252 g/mol. The molecule has 0 amide bonds. The van der Waals surface area contributed by atoms with Gasteiger partial charge in [0, 0.05) is 10.6 Å². The maximum atomic E-state index is 13.1. The lowest BCUT2D eigenvalue weighted by molar-refractivity contribution is 0.589. The number of H-pyrrole nitrogens is 1. The van der Waals surface area contributed by atoms with Gasteiger partial charge in [0.15, 0.2) is 0 Å². The Bertz CT molecular complexity index is 637. The van der Waals surface area contributed by atoms with Crippen molar-refractivity contribution in [2.45, 2.75) is 13.8 Å². The van der Waals surface area contributed by atoms with Crippen LogP contribution in [0.15, 0.2) is 23.0 Å². The van der Waals surface area contributed by atoms with Crippen LogP contribution in [0.5, 0.6) is 0 Å². The molecule has 0 saturated heterocycles. The molecule has 1 aromatic carbocycles. The Morgan fingerprint density at radius 2 is 2.06 bits per heavy atom. The molecule has 88 valence electrons. The number of aryl methyl sites for hydroxylation is 2. The summed E-state index contributed by atoms with van der Waals surface area (Å²) in [4.78, 5) is 17.6. The SMILES string of the molecule is Cc1ccc(-c2nc(C)c(F)c(=O)[nH]2)cc1Cl. The minimum atomic E-state index is -0.855. The number of nitrogens with zero attached hydrogens (tertiary/aromatic N) is 1. The molecule has 0 bridgehead atoms. The molecule has 0 saturated carbocycles. The second-order valence-corrected chi connectivity index (χ2v) is 4.19. The standard InChI is InChI=1S/C12H10ClFN2O/c1-6-3-4-8(5-9(6)13)11-15-7(2)10(14)12(17)16-11/h3-5H,1-2H3,(H,15,16,17). The van der Waals surface area contributed by atoms with Gasteiger partial charge in [-0.1, -0.05) is 23.7 Å². The highest BCUT2D eigenvalue weighted by atomic mass is 35.5. The third kappa shape index (κ3) is 2.22. The summed E-state index contributed by atoms with van der Waals surface area (Å²) in [7, 11) is 0. The summed E-state index contributed by atoms with van der Waals surface area (Å²) in [6, 6.07) is 5.28. The molecular weight excluding hydrogens is 243 g/mol. The molecule has 0 aliphatic rings. The molecule has 0 fully saturated rings. The van der Waals surface area contributed by atoms with Crippen LogP contribution in [0.25, 0.3) is 11.4 Å². The Hall–Kier alpha value is -1.68. The van der Waals surface area contributed by atoms with E-state index in [1.54, 1.807) is 12.1 Å². The second-order valence-electron chi connectivity index (χ2n) is 3.78. The van der Waals surface area contributed by atoms with Gasteiger partial charge in [0.05, 0.1) is 5.69 Å². The van der Waals surface area contributed by atoms with Crippen LogP contribution in [-0.4, -0.2) is 9.97 Å². The summed E-state index contributed by atoms with van der Waals surface area (Å²) >= 11 is 5.98. The van der Waals surface area contributed by atoms with Gasteiger partial charge >= 0.3 is 0 Å². The van der Waals surface area contributed by atoms with Gasteiger partial charge in [-0.05, 0) is 25.5 Å². The lowest BCUT2D eigenvalue weighted by atomic mass is 10.1. The fourth-order valence-corrected chi connectivity index (χ4v) is 1.63. The number of hydrogen-bond donors (Lipinski definition) is 1. The predicted molar refractivity (Wildman–Crippen MR) is 64.7 cm³/mol. The first-order valence-corrected chi connectivity index (χ1v) is 5.40. The average Bonchev–Trinajstić information content (AvgIpc) is 2.29. The third-order valence-corrected chi connectivity index (χ3v) is 2.88. The van der Waals surface area contributed by atoms with Gasteiger partial charge in [-0.2, -0.15) is 4.39 Å². The van der Waals surface area contributed by atoms with Gasteiger partial charge < -0.3 is 4.98 Å². The van der Waals surface area contributed by atoms with Crippen molar-refractivity contribution in [1.29, 1.82) is 0 Å². The van der Waals surface area contributed by atoms with Crippen molar-refractivity contribution in [1.82, 2.24) is 9.97 Å². The largest absolute Gasteiger partial charge is 0.304 e. The van der Waals surface area contributed by atoms with E-state index in [1.165, 1.54) is 6.92 Å². The van der Waals surface area contributed by atoms with Crippen LogP contribution >= 0.6 is 11.6 Å². The molecule has 5 heteroatoms. The first-order chi connectivity index (χ1) is 7.99. The Balaban J connectivity index is 2.61. The second kappa shape index (κ2) is 4.30. The van der Waals surface area contributed by atoms with E-state index < -0.39 is 11.4 Å². The highest BCUT2D eigenvalue weighted by molar-refractivity contribution is 6.31. The molecule has 1 N–H and O–H groups in total. The summed E-state index contributed by atoms with van der Waals surface area (Å²) in [5.41, 5.74) is 0.877. The van der Waals surface area contributed by atoms with Gasteiger partial charge in [0.2, 0.25) is 5.82 Å². The molecule has 2 aromatic rings. The minimum Gasteiger partial charge on any atom is -0.304 e. The van der Waals surface area contributed by atoms with Crippen LogP contribution in [0.2, 0.25) is 5.02 Å². The summed E-state index contributed by atoms with van der Waals surface area (Å²) in [5.74, 6) is -0.539. The molecule has 2 rings (SSSR count). The number of aromatic nitrogens is 2. The van der Waals surface area contributed by atoms with Crippen LogP contribution in [0.4, 0.5) is 4.39 Å². The van der Waals surface area contributed by atoms with Gasteiger partial charge in [0.1, 0.15) is 5.82 Å². The lowest BCUT2D eigenvalue weighted by Gasteiger charge is -2.04. The molecule has 0 radical (unpaired) electrons. The summed E-state index contributed by atoms with van der Waals surface area (Å²) in [5, 5.41) is 0.576. The first-order valence-electron chi connectivity index (χ1n) is 5.02. The van der Waals surface area contributed by atoms with E-state index in [9.17, 15) is 9.18 Å². The molecule has 3 nitrogen and oxygen atoms in total. The van der Waals surface area contributed by atoms with Crippen LogP contribution in [0.1, 0.15) is 11.3 Å². The molecule has 17 heavy (non-hydrogen) atoms. The number of benzene rings is 1. The van der Waals surface area contributed by atoms with E-state index in [0.717, 1.165) is 5.56 Å². The van der Waals surface area contributed by atoms with Gasteiger partial charge in [-0.3, -0.25) is 4.79 Å². The quantitative estimate of drug-likeness (QED) is 0.848. The van der Waals surface area contributed by atoms with E-state index in [2.05, 4.69) is 9.97 Å².